The Morgan fingerprint density at radius 2 is 1.91 bits per heavy atom. The van der Waals surface area contributed by atoms with E-state index in [1.807, 2.05) is 4.58 Å². The second-order valence-corrected chi connectivity index (χ2v) is 2.14. The summed E-state index contributed by atoms with van der Waals surface area (Å²) < 4.78 is 7.16. The van der Waals surface area contributed by atoms with Crippen molar-refractivity contribution in [3.05, 3.63) is 23.8 Å². The number of rotatable bonds is 0. The van der Waals surface area contributed by atoms with Gasteiger partial charge in [0.1, 0.15) is 13.2 Å². The highest BCUT2D eigenvalue weighted by Gasteiger charge is 2.08. The maximum absolute atomic E-state index is 5.15. The Labute approximate surface area is 66.1 Å². The molecule has 0 aromatic carbocycles. The molecule has 0 saturated carbocycles. The van der Waals surface area contributed by atoms with E-state index in [-0.39, 0.29) is 0 Å². The molecule has 1 heterocycles. The van der Waals surface area contributed by atoms with Crippen LogP contribution < -0.4 is 0 Å². The van der Waals surface area contributed by atoms with Crippen LogP contribution in [0.5, 0.6) is 0 Å². The largest absolute Gasteiger partial charge is 0.368 e. The molecular formula is C9H10NO+. The smallest absolute Gasteiger partial charge is 0.231 e. The van der Waals surface area contributed by atoms with Crippen LogP contribution in [0, 0.1) is 0 Å². The molecule has 0 unspecified atom stereocenters. The second-order valence-electron chi connectivity index (χ2n) is 2.14. The third-order valence-electron chi connectivity index (χ3n) is 1.38. The standard InChI is InChI=1S/C9H10NO/c1-2-3-4-5-10-6-8-11-9-7-10/h1,6-9H2/q+1. The first-order valence-corrected chi connectivity index (χ1v) is 3.54. The van der Waals surface area contributed by atoms with Crippen molar-refractivity contribution < 1.29 is 9.31 Å². The lowest BCUT2D eigenvalue weighted by atomic mass is 10.5. The molecule has 0 amide bonds. The van der Waals surface area contributed by atoms with E-state index in [9.17, 15) is 0 Å². The first-order chi connectivity index (χ1) is 5.43. The molecule has 0 bridgehead atoms. The molecule has 11 heavy (non-hydrogen) atoms. The average Bonchev–Trinajstić information content (AvgIpc) is 2.07. The minimum absolute atomic E-state index is 0.770. The highest BCUT2D eigenvalue weighted by molar-refractivity contribution is 5.44. The Hall–Kier alpha value is -1.25. The molecule has 1 rings (SSSR count). The van der Waals surface area contributed by atoms with Crippen molar-refractivity contribution in [2.45, 2.75) is 0 Å². The summed E-state index contributed by atoms with van der Waals surface area (Å²) in [6.07, 6.45) is 0. The van der Waals surface area contributed by atoms with Gasteiger partial charge in [0.15, 0.2) is 13.1 Å². The fraction of sp³-hybridized carbons (Fsp3) is 0.444. The first kappa shape index (κ1) is 7.85. The van der Waals surface area contributed by atoms with Crippen LogP contribution in [0.1, 0.15) is 0 Å². The Morgan fingerprint density at radius 1 is 1.18 bits per heavy atom. The Kier molecular flexibility index (Phi) is 3.25. The van der Waals surface area contributed by atoms with Crippen molar-refractivity contribution >= 4 is 5.87 Å². The van der Waals surface area contributed by atoms with Crippen molar-refractivity contribution in [3.63, 3.8) is 0 Å². The number of ether oxygens (including phenoxy) is 1. The summed E-state index contributed by atoms with van der Waals surface area (Å²) in [7, 11) is 0. The minimum atomic E-state index is 0.770. The van der Waals surface area contributed by atoms with Gasteiger partial charge in [0.2, 0.25) is 5.87 Å². The number of nitrogens with zero attached hydrogens (tertiary/aromatic N) is 1. The van der Waals surface area contributed by atoms with Gasteiger partial charge in [-0.05, 0) is 12.3 Å². The van der Waals surface area contributed by atoms with Crippen LogP contribution in [0.3, 0.4) is 0 Å². The first-order valence-electron chi connectivity index (χ1n) is 3.54. The van der Waals surface area contributed by atoms with E-state index in [1.165, 1.54) is 0 Å². The fourth-order valence-electron chi connectivity index (χ4n) is 0.826. The summed E-state index contributed by atoms with van der Waals surface area (Å²) in [5.74, 6) is 2.91. The molecule has 1 aliphatic heterocycles. The van der Waals surface area contributed by atoms with Gasteiger partial charge in [0.25, 0.3) is 0 Å². The molecule has 1 aliphatic rings. The van der Waals surface area contributed by atoms with Gasteiger partial charge in [0.05, 0.1) is 5.73 Å². The van der Waals surface area contributed by atoms with Crippen molar-refractivity contribution in [2.24, 2.45) is 0 Å². The SMILES string of the molecule is C=C=C=C=C=[N+]1CCOCC1. The van der Waals surface area contributed by atoms with Crippen LogP contribution in [-0.2, 0) is 4.74 Å². The molecule has 2 heteroatoms. The maximum Gasteiger partial charge on any atom is 0.231 e. The normalized spacial score (nSPS) is 15.8. The van der Waals surface area contributed by atoms with Gasteiger partial charge >= 0.3 is 0 Å². The van der Waals surface area contributed by atoms with Crippen LogP contribution in [0.25, 0.3) is 0 Å². The zero-order valence-corrected chi connectivity index (χ0v) is 6.39. The molecule has 56 valence electrons. The molecular weight excluding hydrogens is 138 g/mol. The average molecular weight is 148 g/mol. The third kappa shape index (κ3) is 2.89. The summed E-state index contributed by atoms with van der Waals surface area (Å²) in [5, 5.41) is 0. The van der Waals surface area contributed by atoms with E-state index >= 15 is 0 Å². The predicted molar refractivity (Wildman–Crippen MR) is 42.0 cm³/mol. The van der Waals surface area contributed by atoms with Crippen LogP contribution >= 0.6 is 0 Å². The van der Waals surface area contributed by atoms with E-state index < -0.39 is 0 Å². The topological polar surface area (TPSA) is 12.2 Å². The van der Waals surface area contributed by atoms with E-state index in [1.54, 1.807) is 0 Å². The van der Waals surface area contributed by atoms with E-state index in [4.69, 9.17) is 4.74 Å². The molecule has 0 aromatic heterocycles. The lowest BCUT2D eigenvalue weighted by Gasteiger charge is -2.06. The summed E-state index contributed by atoms with van der Waals surface area (Å²) in [6.45, 7) is 6.66. The van der Waals surface area contributed by atoms with Crippen LogP contribution in [0.2, 0.25) is 0 Å². The van der Waals surface area contributed by atoms with Crippen LogP contribution in [0.15, 0.2) is 23.8 Å². The van der Waals surface area contributed by atoms with Gasteiger partial charge in [-0.2, -0.15) is 4.58 Å². The van der Waals surface area contributed by atoms with Crippen molar-refractivity contribution in [3.8, 4) is 0 Å². The molecule has 1 fully saturated rings. The molecule has 0 radical (unpaired) electrons. The molecule has 0 aromatic rings. The highest BCUT2D eigenvalue weighted by atomic mass is 16.5. The third-order valence-corrected chi connectivity index (χ3v) is 1.38. The van der Waals surface area contributed by atoms with E-state index in [0.717, 1.165) is 26.3 Å². The molecule has 2 nitrogen and oxygen atoms in total. The zero-order valence-electron chi connectivity index (χ0n) is 6.39. The molecule has 0 spiro atoms. The van der Waals surface area contributed by atoms with Gasteiger partial charge in [-0.1, -0.05) is 5.73 Å². The number of hydrogen-bond acceptors (Lipinski definition) is 1. The highest BCUT2D eigenvalue weighted by Crippen LogP contribution is 1.85. The number of hydrogen-bond donors (Lipinski definition) is 0. The van der Waals surface area contributed by atoms with Gasteiger partial charge in [-0.3, -0.25) is 0 Å². The Balaban J connectivity index is 2.79. The van der Waals surface area contributed by atoms with Crippen LogP contribution in [-0.4, -0.2) is 36.7 Å². The molecule has 1 saturated heterocycles. The van der Waals surface area contributed by atoms with Gasteiger partial charge in [0, 0.05) is 0 Å². The Morgan fingerprint density at radius 3 is 2.55 bits per heavy atom. The van der Waals surface area contributed by atoms with Crippen LogP contribution in [0.4, 0.5) is 0 Å². The van der Waals surface area contributed by atoms with Crippen molar-refractivity contribution in [1.29, 1.82) is 0 Å². The van der Waals surface area contributed by atoms with E-state index in [2.05, 4.69) is 29.6 Å². The lowest BCUT2D eigenvalue weighted by molar-refractivity contribution is -0.542. The maximum atomic E-state index is 5.15. The predicted octanol–water partition coefficient (Wildman–Crippen LogP) is 0.350. The number of morpholine rings is 1. The molecule has 0 N–H and O–H groups in total. The second kappa shape index (κ2) is 4.55. The lowest BCUT2D eigenvalue weighted by Crippen LogP contribution is -2.27. The monoisotopic (exact) mass is 148 g/mol. The van der Waals surface area contributed by atoms with Crippen molar-refractivity contribution in [2.75, 3.05) is 26.3 Å². The van der Waals surface area contributed by atoms with Gasteiger partial charge in [-0.25, -0.2) is 0 Å². The molecule has 0 atom stereocenters. The summed E-state index contributed by atoms with van der Waals surface area (Å²) in [5.41, 5.74) is 7.77. The Bertz CT molecular complexity index is 273. The summed E-state index contributed by atoms with van der Waals surface area (Å²) in [4.78, 5) is 0. The van der Waals surface area contributed by atoms with Gasteiger partial charge in [-0.15, -0.1) is 0 Å². The molecule has 0 aliphatic carbocycles. The summed E-state index contributed by atoms with van der Waals surface area (Å²) >= 11 is 0. The van der Waals surface area contributed by atoms with Gasteiger partial charge < -0.3 is 4.74 Å². The summed E-state index contributed by atoms with van der Waals surface area (Å²) in [6, 6.07) is 0. The quantitative estimate of drug-likeness (QED) is 0.356. The minimum Gasteiger partial charge on any atom is -0.368 e. The zero-order chi connectivity index (χ0) is 7.94. The fourth-order valence-corrected chi connectivity index (χ4v) is 0.826. The van der Waals surface area contributed by atoms with Crippen molar-refractivity contribution in [1.82, 2.24) is 0 Å². The van der Waals surface area contributed by atoms with E-state index in [0.29, 0.717) is 0 Å².